The van der Waals surface area contributed by atoms with E-state index in [4.69, 9.17) is 5.11 Å². The molecule has 1 amide bonds. The van der Waals surface area contributed by atoms with E-state index in [0.717, 1.165) is 15.1 Å². The van der Waals surface area contributed by atoms with Crippen LogP contribution < -0.4 is 5.32 Å². The van der Waals surface area contributed by atoms with Crippen LogP contribution in [0.15, 0.2) is 33.1 Å². The van der Waals surface area contributed by atoms with Crippen molar-refractivity contribution in [2.24, 2.45) is 0 Å². The number of hydrogen-bond donors (Lipinski definition) is 2. The summed E-state index contributed by atoms with van der Waals surface area (Å²) in [5, 5.41) is 11.2. The van der Waals surface area contributed by atoms with Crippen molar-refractivity contribution < 1.29 is 18.7 Å². The smallest absolute Gasteiger partial charge is 0.404 e. The molecule has 0 aliphatic rings. The van der Waals surface area contributed by atoms with Gasteiger partial charge in [-0.25, -0.2) is 23.5 Å². The Bertz CT molecular complexity index is 963. The van der Waals surface area contributed by atoms with Gasteiger partial charge in [0.2, 0.25) is 0 Å². The van der Waals surface area contributed by atoms with E-state index in [1.165, 1.54) is 35.2 Å². The molecule has 0 spiro atoms. The number of rotatable bonds is 5. The third kappa shape index (κ3) is 4.13. The van der Waals surface area contributed by atoms with E-state index in [1.54, 1.807) is 0 Å². The summed E-state index contributed by atoms with van der Waals surface area (Å²) >= 11 is 6.41. The third-order valence-corrected chi connectivity index (χ3v) is 6.20. The van der Waals surface area contributed by atoms with Crippen molar-refractivity contribution in [1.29, 1.82) is 0 Å². The van der Waals surface area contributed by atoms with Crippen molar-refractivity contribution in [2.75, 3.05) is 12.8 Å². The monoisotopic (exact) mass is 459 g/mol. The van der Waals surface area contributed by atoms with Crippen LogP contribution in [0.5, 0.6) is 0 Å². The molecule has 0 aliphatic carbocycles. The first-order chi connectivity index (χ1) is 12.4. The lowest BCUT2D eigenvalue weighted by molar-refractivity contribution is 0.194. The largest absolute Gasteiger partial charge is 0.465 e. The fourth-order valence-corrected chi connectivity index (χ4v) is 4.71. The standard InChI is InChI=1S/C16H12BrF2N3O2S2/c1-25-16-22-14-12(26-16)5-11(17)13(21-14)10(6-20-15(23)24)7-2-8(18)4-9(19)3-7/h2-5,10,20H,6H2,1H3,(H,23,24)/t10-/m0/s1. The van der Waals surface area contributed by atoms with Gasteiger partial charge < -0.3 is 10.4 Å². The number of aromatic nitrogens is 2. The Labute approximate surface area is 164 Å². The average molecular weight is 460 g/mol. The number of nitrogens with zero attached hydrogens (tertiary/aromatic N) is 2. The maximum Gasteiger partial charge on any atom is 0.404 e. The lowest BCUT2D eigenvalue weighted by Crippen LogP contribution is -2.28. The normalized spacial score (nSPS) is 12.3. The molecule has 1 aromatic carbocycles. The lowest BCUT2D eigenvalue weighted by Gasteiger charge is -2.18. The second-order valence-electron chi connectivity index (χ2n) is 5.30. The van der Waals surface area contributed by atoms with Gasteiger partial charge in [0, 0.05) is 23.0 Å². The fourth-order valence-electron chi connectivity index (χ4n) is 2.50. The summed E-state index contributed by atoms with van der Waals surface area (Å²) < 4.78 is 29.7. The van der Waals surface area contributed by atoms with Crippen LogP contribution in [-0.2, 0) is 0 Å². The van der Waals surface area contributed by atoms with Gasteiger partial charge in [0.25, 0.3) is 0 Å². The van der Waals surface area contributed by atoms with Crippen molar-refractivity contribution in [3.8, 4) is 0 Å². The molecule has 3 rings (SSSR count). The van der Waals surface area contributed by atoms with Crippen LogP contribution in [0.4, 0.5) is 13.6 Å². The van der Waals surface area contributed by atoms with Gasteiger partial charge in [0.15, 0.2) is 9.99 Å². The Hall–Kier alpha value is -1.78. The number of thioether (sulfide) groups is 1. The molecule has 0 aliphatic heterocycles. The van der Waals surface area contributed by atoms with Crippen molar-refractivity contribution in [3.63, 3.8) is 0 Å². The molecule has 5 nitrogen and oxygen atoms in total. The van der Waals surface area contributed by atoms with Crippen molar-refractivity contribution in [2.45, 2.75) is 10.3 Å². The van der Waals surface area contributed by atoms with E-state index in [9.17, 15) is 13.6 Å². The summed E-state index contributed by atoms with van der Waals surface area (Å²) in [7, 11) is 0. The molecule has 2 heterocycles. The Kier molecular flexibility index (Phi) is 5.73. The molecule has 10 heteroatoms. The Morgan fingerprint density at radius 1 is 1.31 bits per heavy atom. The number of hydrogen-bond acceptors (Lipinski definition) is 5. The molecule has 0 fully saturated rings. The minimum absolute atomic E-state index is 0.0884. The number of thiazole rings is 1. The maximum atomic E-state index is 13.7. The van der Waals surface area contributed by atoms with E-state index >= 15 is 0 Å². The highest BCUT2D eigenvalue weighted by Crippen LogP contribution is 2.35. The molecular weight excluding hydrogens is 448 g/mol. The van der Waals surface area contributed by atoms with Gasteiger partial charge in [-0.3, -0.25) is 0 Å². The van der Waals surface area contributed by atoms with Gasteiger partial charge >= 0.3 is 6.09 Å². The molecule has 136 valence electrons. The van der Waals surface area contributed by atoms with Crippen molar-refractivity contribution in [1.82, 2.24) is 15.3 Å². The van der Waals surface area contributed by atoms with E-state index in [1.807, 2.05) is 12.3 Å². The summed E-state index contributed by atoms with van der Waals surface area (Å²) in [4.78, 5) is 19.9. The number of pyridine rings is 1. The first-order valence-electron chi connectivity index (χ1n) is 7.31. The highest BCUT2D eigenvalue weighted by Gasteiger charge is 2.22. The molecule has 0 bridgehead atoms. The van der Waals surface area contributed by atoms with Gasteiger partial charge in [0.05, 0.1) is 10.4 Å². The van der Waals surface area contributed by atoms with Gasteiger partial charge in [0.1, 0.15) is 11.6 Å². The van der Waals surface area contributed by atoms with Crippen LogP contribution >= 0.6 is 39.0 Å². The molecule has 0 saturated heterocycles. The average Bonchev–Trinajstić information content (AvgIpc) is 2.96. The van der Waals surface area contributed by atoms with Crippen molar-refractivity contribution >= 4 is 55.5 Å². The molecule has 26 heavy (non-hydrogen) atoms. The van der Waals surface area contributed by atoms with Gasteiger partial charge in [-0.1, -0.05) is 11.8 Å². The number of carboxylic acid groups (broad SMARTS) is 1. The topological polar surface area (TPSA) is 75.1 Å². The van der Waals surface area contributed by atoms with Gasteiger partial charge in [-0.15, -0.1) is 11.3 Å². The molecule has 0 saturated carbocycles. The minimum atomic E-state index is -1.23. The summed E-state index contributed by atoms with van der Waals surface area (Å²) in [5.41, 5.74) is 1.24. The Morgan fingerprint density at radius 3 is 2.62 bits per heavy atom. The Morgan fingerprint density at radius 2 is 2.00 bits per heavy atom. The summed E-state index contributed by atoms with van der Waals surface area (Å²) in [5.74, 6) is -2.17. The van der Waals surface area contributed by atoms with Crippen LogP contribution in [-0.4, -0.2) is 34.0 Å². The summed E-state index contributed by atoms with van der Waals surface area (Å²) in [6, 6.07) is 4.94. The van der Waals surface area contributed by atoms with E-state index in [-0.39, 0.29) is 12.1 Å². The van der Waals surface area contributed by atoms with Crippen LogP contribution in [0.1, 0.15) is 17.2 Å². The van der Waals surface area contributed by atoms with Crippen molar-refractivity contribution in [3.05, 3.63) is 51.6 Å². The first kappa shape index (κ1) is 19.0. The first-order valence-corrected chi connectivity index (χ1v) is 10.1. The molecular formula is C16H12BrF2N3O2S2. The number of nitrogens with one attached hydrogen (secondary N) is 1. The fraction of sp³-hybridized carbons (Fsp3) is 0.188. The van der Waals surface area contributed by atoms with E-state index < -0.39 is 23.6 Å². The second kappa shape index (κ2) is 7.85. The molecule has 2 N–H and O–H groups in total. The molecule has 3 aromatic rings. The molecule has 0 unspecified atom stereocenters. The third-order valence-electron chi connectivity index (χ3n) is 3.59. The maximum absolute atomic E-state index is 13.7. The zero-order valence-corrected chi connectivity index (χ0v) is 16.5. The molecule has 0 radical (unpaired) electrons. The lowest BCUT2D eigenvalue weighted by atomic mass is 9.94. The van der Waals surface area contributed by atoms with E-state index in [0.29, 0.717) is 15.8 Å². The number of carbonyl (C=O) groups is 1. The predicted molar refractivity (Wildman–Crippen MR) is 101 cm³/mol. The van der Waals surface area contributed by atoms with Gasteiger partial charge in [-0.2, -0.15) is 0 Å². The number of benzene rings is 1. The minimum Gasteiger partial charge on any atom is -0.465 e. The molecule has 1 atom stereocenters. The highest BCUT2D eigenvalue weighted by atomic mass is 79.9. The van der Waals surface area contributed by atoms with Crippen LogP contribution in [0.2, 0.25) is 0 Å². The Balaban J connectivity index is 2.12. The zero-order chi connectivity index (χ0) is 18.8. The van der Waals surface area contributed by atoms with Gasteiger partial charge in [-0.05, 0) is 45.9 Å². The number of fused-ring (bicyclic) bond motifs is 1. The highest BCUT2D eigenvalue weighted by molar-refractivity contribution is 9.10. The number of amides is 1. The summed E-state index contributed by atoms with van der Waals surface area (Å²) in [6.07, 6.45) is 0.672. The van der Waals surface area contributed by atoms with Crippen LogP contribution in [0.25, 0.3) is 10.3 Å². The SMILES string of the molecule is CSc1nc2nc([C@@H](CNC(=O)O)c3cc(F)cc(F)c3)c(Br)cc2s1. The predicted octanol–water partition coefficient (Wildman–Crippen LogP) is 4.85. The zero-order valence-electron chi connectivity index (χ0n) is 13.3. The quantitative estimate of drug-likeness (QED) is 0.533. The van der Waals surface area contributed by atoms with Crippen LogP contribution in [0.3, 0.4) is 0 Å². The molecule has 2 aromatic heterocycles. The van der Waals surface area contributed by atoms with E-state index in [2.05, 4.69) is 31.2 Å². The number of halogens is 3. The van der Waals surface area contributed by atoms with Crippen LogP contribution in [0, 0.1) is 11.6 Å². The second-order valence-corrected chi connectivity index (χ2v) is 8.24. The summed E-state index contributed by atoms with van der Waals surface area (Å²) in [6.45, 7) is -0.0884.